The van der Waals surface area contributed by atoms with E-state index in [1.807, 2.05) is 0 Å². The predicted octanol–water partition coefficient (Wildman–Crippen LogP) is 1.12. The van der Waals surface area contributed by atoms with Gasteiger partial charge in [0.1, 0.15) is 23.6 Å². The molecule has 1 aromatic rings. The van der Waals surface area contributed by atoms with Crippen LogP contribution in [0.25, 0.3) is 0 Å². The Balaban J connectivity index is 2.13. The van der Waals surface area contributed by atoms with Crippen molar-refractivity contribution in [1.82, 2.24) is 9.55 Å². The molecule has 0 spiro atoms. The Morgan fingerprint density at radius 1 is 1.30 bits per heavy atom. The first-order valence-corrected chi connectivity index (χ1v) is 10.6. The molecule has 0 aliphatic carbocycles. The minimum absolute atomic E-state index is 0.00293. The lowest BCUT2D eigenvalue weighted by Gasteiger charge is -2.27. The first-order chi connectivity index (χ1) is 14.3. The lowest BCUT2D eigenvalue weighted by Crippen LogP contribution is -2.46. The molecule has 4 atom stereocenters. The number of rotatable bonds is 12. The zero-order valence-corrected chi connectivity index (χ0v) is 18.0. The van der Waals surface area contributed by atoms with Crippen molar-refractivity contribution in [2.75, 3.05) is 13.7 Å². The maximum atomic E-state index is 12.5. The van der Waals surface area contributed by atoms with E-state index in [0.717, 1.165) is 23.8 Å². The van der Waals surface area contributed by atoms with Crippen molar-refractivity contribution in [2.45, 2.75) is 89.3 Å². The molecule has 1 aliphatic rings. The fourth-order valence-corrected chi connectivity index (χ4v) is 3.75. The van der Waals surface area contributed by atoms with E-state index in [4.69, 9.17) is 9.47 Å². The third-order valence-corrected chi connectivity index (χ3v) is 5.57. The zero-order valence-electron chi connectivity index (χ0n) is 18.0. The van der Waals surface area contributed by atoms with Crippen LogP contribution >= 0.6 is 0 Å². The number of aliphatic hydroxyl groups is 3. The van der Waals surface area contributed by atoms with E-state index in [2.05, 4.69) is 11.9 Å². The summed E-state index contributed by atoms with van der Waals surface area (Å²) >= 11 is 0. The number of aromatic nitrogens is 2. The molecule has 2 heterocycles. The summed E-state index contributed by atoms with van der Waals surface area (Å²) in [4.78, 5) is 28.8. The summed E-state index contributed by atoms with van der Waals surface area (Å²) in [5.41, 5.74) is -2.18. The van der Waals surface area contributed by atoms with Gasteiger partial charge in [0, 0.05) is 24.6 Å². The molecule has 1 aliphatic heterocycles. The number of ether oxygens (including phenoxy) is 2. The summed E-state index contributed by atoms with van der Waals surface area (Å²) in [6.45, 7) is 2.96. The van der Waals surface area contributed by atoms with Crippen molar-refractivity contribution in [3.8, 4) is 5.88 Å². The molecule has 0 amide bonds. The fourth-order valence-electron chi connectivity index (χ4n) is 3.75. The Hall–Kier alpha value is -1.81. The van der Waals surface area contributed by atoms with Crippen LogP contribution in [0.4, 0.5) is 0 Å². The topological polar surface area (TPSA) is 131 Å². The van der Waals surface area contributed by atoms with Gasteiger partial charge in [-0.1, -0.05) is 39.0 Å². The Bertz CT molecular complexity index is 762. The summed E-state index contributed by atoms with van der Waals surface area (Å²) in [6, 6.07) is 0. The highest BCUT2D eigenvalue weighted by atomic mass is 16.6. The van der Waals surface area contributed by atoms with E-state index >= 15 is 0 Å². The van der Waals surface area contributed by atoms with Crippen LogP contribution in [0.1, 0.15) is 70.6 Å². The van der Waals surface area contributed by atoms with Gasteiger partial charge in [0.2, 0.25) is 5.88 Å². The van der Waals surface area contributed by atoms with Gasteiger partial charge in [-0.3, -0.25) is 9.36 Å². The monoisotopic (exact) mass is 426 g/mol. The molecule has 1 saturated heterocycles. The summed E-state index contributed by atoms with van der Waals surface area (Å²) in [7, 11) is 1.36. The van der Waals surface area contributed by atoms with Gasteiger partial charge in [0.15, 0.2) is 6.23 Å². The van der Waals surface area contributed by atoms with Gasteiger partial charge < -0.3 is 24.8 Å². The maximum absolute atomic E-state index is 12.5. The van der Waals surface area contributed by atoms with E-state index in [1.54, 1.807) is 0 Å². The molecule has 1 aromatic heterocycles. The summed E-state index contributed by atoms with van der Waals surface area (Å²) in [5, 5.41) is 30.2. The van der Waals surface area contributed by atoms with Crippen molar-refractivity contribution in [3.05, 3.63) is 22.2 Å². The smallest absolute Gasteiger partial charge is 0.353 e. The minimum Gasteiger partial charge on any atom is -0.481 e. The van der Waals surface area contributed by atoms with Gasteiger partial charge in [-0.25, -0.2) is 4.79 Å². The van der Waals surface area contributed by atoms with E-state index < -0.39 is 36.3 Å². The highest BCUT2D eigenvalue weighted by Crippen LogP contribution is 2.37. The maximum Gasteiger partial charge on any atom is 0.353 e. The van der Waals surface area contributed by atoms with Gasteiger partial charge in [0.25, 0.3) is 0 Å². The van der Waals surface area contributed by atoms with Crippen molar-refractivity contribution in [3.63, 3.8) is 0 Å². The van der Waals surface area contributed by atoms with E-state index in [0.29, 0.717) is 12.0 Å². The number of Topliss-reactive ketones (excluding diaryl/α,β-unsaturated/α-hetero) is 1. The number of hydrogen-bond donors (Lipinski definition) is 3. The molecule has 9 heteroatoms. The normalized spacial score (nSPS) is 26.1. The van der Waals surface area contributed by atoms with Crippen molar-refractivity contribution < 1.29 is 29.6 Å². The summed E-state index contributed by atoms with van der Waals surface area (Å²) in [5.74, 6) is 0.0487. The molecule has 30 heavy (non-hydrogen) atoms. The molecule has 3 N–H and O–H groups in total. The minimum atomic E-state index is -1.83. The van der Waals surface area contributed by atoms with Crippen molar-refractivity contribution in [1.29, 1.82) is 0 Å². The SMILES string of the molecule is CCCCCCCCC(=O)Cc1cn([C@@H]2O[C@H](CO)[C@@H](O)[C@@]2(C)O)c(=O)nc1OC. The average molecular weight is 427 g/mol. The number of ketones is 1. The van der Waals surface area contributed by atoms with E-state index in [9.17, 15) is 24.9 Å². The molecule has 2 rings (SSSR count). The van der Waals surface area contributed by atoms with Crippen LogP contribution in [0, 0.1) is 0 Å². The van der Waals surface area contributed by atoms with Gasteiger partial charge in [-0.15, -0.1) is 0 Å². The van der Waals surface area contributed by atoms with E-state index in [1.165, 1.54) is 39.5 Å². The van der Waals surface area contributed by atoms with Crippen LogP contribution in [0.2, 0.25) is 0 Å². The third kappa shape index (κ3) is 5.66. The average Bonchev–Trinajstić information content (AvgIpc) is 2.94. The van der Waals surface area contributed by atoms with Gasteiger partial charge in [-0.05, 0) is 13.3 Å². The number of aliphatic hydroxyl groups excluding tert-OH is 2. The summed E-state index contributed by atoms with van der Waals surface area (Å²) in [6.07, 6.45) is 4.62. The molecule has 9 nitrogen and oxygen atoms in total. The Morgan fingerprint density at radius 2 is 1.97 bits per heavy atom. The number of methoxy groups -OCH3 is 1. The number of carbonyl (C=O) groups excluding carboxylic acids is 1. The fraction of sp³-hybridized carbons (Fsp3) is 0.762. The predicted molar refractivity (Wildman–Crippen MR) is 109 cm³/mol. The summed E-state index contributed by atoms with van der Waals surface area (Å²) < 4.78 is 11.7. The third-order valence-electron chi connectivity index (χ3n) is 5.57. The van der Waals surface area contributed by atoms with Gasteiger partial charge in [-0.2, -0.15) is 4.98 Å². The second kappa shape index (κ2) is 11.0. The number of nitrogens with zero attached hydrogens (tertiary/aromatic N) is 2. The molecule has 1 fully saturated rings. The zero-order chi connectivity index (χ0) is 22.3. The van der Waals surface area contributed by atoms with Crippen molar-refractivity contribution in [2.24, 2.45) is 0 Å². The first-order valence-electron chi connectivity index (χ1n) is 10.6. The van der Waals surface area contributed by atoms with Crippen molar-refractivity contribution >= 4 is 5.78 Å². The molecule has 0 aromatic carbocycles. The Labute approximate surface area is 176 Å². The molecule has 0 saturated carbocycles. The Kier molecular flexibility index (Phi) is 8.96. The number of unbranched alkanes of at least 4 members (excludes halogenated alkanes) is 5. The second-order valence-corrected chi connectivity index (χ2v) is 8.08. The van der Waals surface area contributed by atoms with Crippen LogP contribution in [-0.2, 0) is 16.0 Å². The standard InChI is InChI=1S/C21H34N2O7/c1-4-5-6-7-8-9-10-15(25)11-14-12-23(20(27)22-18(14)29-3)19-21(2,28)17(26)16(13-24)30-19/h12,16-17,19,24,26,28H,4-11,13H2,1-3H3/t16-,17-,19-,21-/m1/s1. The largest absolute Gasteiger partial charge is 0.481 e. The first kappa shape index (κ1) is 24.5. The lowest BCUT2D eigenvalue weighted by molar-refractivity contribution is -0.118. The molecule has 0 unspecified atom stereocenters. The second-order valence-electron chi connectivity index (χ2n) is 8.08. The van der Waals surface area contributed by atoms with Crippen LogP contribution in [0.15, 0.2) is 11.0 Å². The van der Waals surface area contributed by atoms with Gasteiger partial charge >= 0.3 is 5.69 Å². The van der Waals surface area contributed by atoms with Crippen LogP contribution in [0.3, 0.4) is 0 Å². The number of hydrogen-bond acceptors (Lipinski definition) is 8. The molecule has 0 bridgehead atoms. The molecular weight excluding hydrogens is 392 g/mol. The van der Waals surface area contributed by atoms with Crippen LogP contribution in [-0.4, -0.2) is 62.2 Å². The molecule has 170 valence electrons. The van der Waals surface area contributed by atoms with E-state index in [-0.39, 0.29) is 18.1 Å². The highest BCUT2D eigenvalue weighted by Gasteiger charge is 2.53. The Morgan fingerprint density at radius 3 is 2.57 bits per heavy atom. The highest BCUT2D eigenvalue weighted by molar-refractivity contribution is 5.81. The quantitative estimate of drug-likeness (QED) is 0.424. The van der Waals surface area contributed by atoms with Gasteiger partial charge in [0.05, 0.1) is 13.7 Å². The van der Waals surface area contributed by atoms with Crippen LogP contribution < -0.4 is 10.4 Å². The number of carbonyl (C=O) groups is 1. The molecule has 0 radical (unpaired) electrons. The lowest BCUT2D eigenvalue weighted by atomic mass is 9.96. The van der Waals surface area contributed by atoms with Crippen LogP contribution in [0.5, 0.6) is 5.88 Å². The molecular formula is C21H34N2O7.